The van der Waals surface area contributed by atoms with E-state index in [9.17, 15) is 4.79 Å². The average Bonchev–Trinajstić information content (AvgIpc) is 3.18. The van der Waals surface area contributed by atoms with Gasteiger partial charge in [-0.15, -0.1) is 11.3 Å². The summed E-state index contributed by atoms with van der Waals surface area (Å²) in [7, 11) is 0. The monoisotopic (exact) mass is 306 g/mol. The highest BCUT2D eigenvalue weighted by Crippen LogP contribution is 2.32. The molecule has 2 aromatic heterocycles. The lowest BCUT2D eigenvalue weighted by Gasteiger charge is -2.23. The lowest BCUT2D eigenvalue weighted by Crippen LogP contribution is -2.36. The molecule has 0 aliphatic carbocycles. The van der Waals surface area contributed by atoms with Crippen molar-refractivity contribution in [2.45, 2.75) is 25.4 Å². The van der Waals surface area contributed by atoms with Gasteiger partial charge in [-0.1, -0.05) is 6.07 Å². The summed E-state index contributed by atoms with van der Waals surface area (Å²) >= 11 is 3.41. The van der Waals surface area contributed by atoms with Crippen LogP contribution in [0.3, 0.4) is 0 Å². The van der Waals surface area contributed by atoms with E-state index in [2.05, 4.69) is 33.1 Å². The molecule has 3 rings (SSSR count). The first-order valence-electron chi connectivity index (χ1n) is 6.88. The number of nitrogens with one attached hydrogen (secondary N) is 1. The molecule has 0 saturated carbocycles. The first kappa shape index (κ1) is 13.8. The second-order valence-electron chi connectivity index (χ2n) is 5.04. The molecule has 1 amide bonds. The van der Waals surface area contributed by atoms with Gasteiger partial charge in [-0.2, -0.15) is 11.3 Å². The molecule has 1 saturated heterocycles. The van der Waals surface area contributed by atoms with Crippen molar-refractivity contribution in [3.63, 3.8) is 0 Å². The highest BCUT2D eigenvalue weighted by atomic mass is 32.1. The minimum Gasteiger partial charge on any atom is -0.350 e. The number of carbonyl (C=O) groups excluding carboxylic acids is 1. The van der Waals surface area contributed by atoms with Crippen LogP contribution < -0.4 is 5.32 Å². The van der Waals surface area contributed by atoms with Crippen molar-refractivity contribution in [1.82, 2.24) is 10.2 Å². The standard InChI is InChI=1S/C15H18N2OS2/c18-15(16-9-13-3-2-7-20-13)10-17-6-1-4-14(17)12-5-8-19-11-12/h2-3,5,7-8,11,14H,1,4,6,9-10H2,(H,16,18)/t14-/m0/s1. The summed E-state index contributed by atoms with van der Waals surface area (Å²) in [5.74, 6) is 0.125. The van der Waals surface area contributed by atoms with Crippen LogP contribution in [0.2, 0.25) is 0 Å². The zero-order valence-electron chi connectivity index (χ0n) is 11.2. The molecule has 1 atom stereocenters. The number of hydrogen-bond acceptors (Lipinski definition) is 4. The van der Waals surface area contributed by atoms with Gasteiger partial charge in [0.05, 0.1) is 13.1 Å². The molecule has 0 radical (unpaired) electrons. The van der Waals surface area contributed by atoms with E-state index in [1.807, 2.05) is 11.4 Å². The molecule has 1 aliphatic heterocycles. The second kappa shape index (κ2) is 6.52. The van der Waals surface area contributed by atoms with Crippen LogP contribution in [0.1, 0.15) is 29.3 Å². The van der Waals surface area contributed by atoms with Crippen molar-refractivity contribution in [1.29, 1.82) is 0 Å². The van der Waals surface area contributed by atoms with Crippen LogP contribution >= 0.6 is 22.7 Å². The van der Waals surface area contributed by atoms with E-state index in [1.165, 1.54) is 16.9 Å². The molecular formula is C15H18N2OS2. The highest BCUT2D eigenvalue weighted by molar-refractivity contribution is 7.09. The SMILES string of the molecule is O=C(CN1CCC[C@H]1c1ccsc1)NCc1cccs1. The molecule has 0 unspecified atom stereocenters. The summed E-state index contributed by atoms with van der Waals surface area (Å²) in [6.45, 7) is 2.17. The Hall–Kier alpha value is -1.17. The fourth-order valence-electron chi connectivity index (χ4n) is 2.70. The lowest BCUT2D eigenvalue weighted by molar-refractivity contribution is -0.122. The topological polar surface area (TPSA) is 32.3 Å². The summed E-state index contributed by atoms with van der Waals surface area (Å²) in [5.41, 5.74) is 1.36. The number of rotatable bonds is 5. The number of thiophene rings is 2. The van der Waals surface area contributed by atoms with Gasteiger partial charge >= 0.3 is 0 Å². The Morgan fingerprint density at radius 1 is 1.40 bits per heavy atom. The molecule has 0 aromatic carbocycles. The Morgan fingerprint density at radius 3 is 3.10 bits per heavy atom. The number of hydrogen-bond donors (Lipinski definition) is 1. The fourth-order valence-corrected chi connectivity index (χ4v) is 4.05. The van der Waals surface area contributed by atoms with Gasteiger partial charge in [0.1, 0.15) is 0 Å². The largest absolute Gasteiger partial charge is 0.350 e. The highest BCUT2D eigenvalue weighted by Gasteiger charge is 2.27. The minimum absolute atomic E-state index is 0.125. The first-order chi connectivity index (χ1) is 9.83. The van der Waals surface area contributed by atoms with Gasteiger partial charge in [0.2, 0.25) is 5.91 Å². The molecule has 1 aliphatic rings. The number of likely N-dealkylation sites (tertiary alicyclic amines) is 1. The molecule has 2 aromatic rings. The summed E-state index contributed by atoms with van der Waals surface area (Å²) in [6, 6.07) is 6.67. The third-order valence-electron chi connectivity index (χ3n) is 3.68. The van der Waals surface area contributed by atoms with Crippen molar-refractivity contribution in [2.75, 3.05) is 13.1 Å². The van der Waals surface area contributed by atoms with Crippen LogP contribution in [-0.2, 0) is 11.3 Å². The summed E-state index contributed by atoms with van der Waals surface area (Å²) < 4.78 is 0. The maximum atomic E-state index is 12.1. The van der Waals surface area contributed by atoms with E-state index in [0.29, 0.717) is 19.1 Å². The van der Waals surface area contributed by atoms with Crippen molar-refractivity contribution < 1.29 is 4.79 Å². The van der Waals surface area contributed by atoms with Crippen LogP contribution in [0.4, 0.5) is 0 Å². The zero-order valence-corrected chi connectivity index (χ0v) is 12.9. The minimum atomic E-state index is 0.125. The zero-order chi connectivity index (χ0) is 13.8. The third kappa shape index (κ3) is 3.29. The third-order valence-corrected chi connectivity index (χ3v) is 5.26. The van der Waals surface area contributed by atoms with Gasteiger partial charge in [-0.3, -0.25) is 9.69 Å². The number of carbonyl (C=O) groups is 1. The first-order valence-corrected chi connectivity index (χ1v) is 8.70. The van der Waals surface area contributed by atoms with Crippen molar-refractivity contribution in [3.05, 3.63) is 44.8 Å². The van der Waals surface area contributed by atoms with Gasteiger partial charge < -0.3 is 5.32 Å². The smallest absolute Gasteiger partial charge is 0.234 e. The van der Waals surface area contributed by atoms with Crippen molar-refractivity contribution in [2.24, 2.45) is 0 Å². The Bertz CT molecular complexity index is 536. The Morgan fingerprint density at radius 2 is 2.35 bits per heavy atom. The molecule has 0 bridgehead atoms. The predicted molar refractivity (Wildman–Crippen MR) is 84.0 cm³/mol. The van der Waals surface area contributed by atoms with Gasteiger partial charge in [-0.25, -0.2) is 0 Å². The van der Waals surface area contributed by atoms with Gasteiger partial charge in [0.25, 0.3) is 0 Å². The summed E-state index contributed by atoms with van der Waals surface area (Å²) in [5, 5.41) is 9.36. The molecule has 0 spiro atoms. The predicted octanol–water partition coefficient (Wildman–Crippen LogP) is 3.26. The van der Waals surface area contributed by atoms with Gasteiger partial charge in [0, 0.05) is 10.9 Å². The average molecular weight is 306 g/mol. The van der Waals surface area contributed by atoms with Crippen molar-refractivity contribution in [3.8, 4) is 0 Å². The van der Waals surface area contributed by atoms with E-state index in [1.54, 1.807) is 22.7 Å². The molecule has 1 N–H and O–H groups in total. The van der Waals surface area contributed by atoms with Crippen LogP contribution in [0.15, 0.2) is 34.3 Å². The van der Waals surface area contributed by atoms with E-state index in [0.717, 1.165) is 13.0 Å². The molecule has 3 heterocycles. The Balaban J connectivity index is 1.52. The lowest BCUT2D eigenvalue weighted by atomic mass is 10.1. The molecular weight excluding hydrogens is 288 g/mol. The maximum absolute atomic E-state index is 12.1. The molecule has 106 valence electrons. The summed E-state index contributed by atoms with van der Waals surface area (Å²) in [6.07, 6.45) is 2.34. The van der Waals surface area contributed by atoms with Crippen LogP contribution in [0.5, 0.6) is 0 Å². The van der Waals surface area contributed by atoms with Crippen LogP contribution in [-0.4, -0.2) is 23.9 Å². The fraction of sp³-hybridized carbons (Fsp3) is 0.400. The number of nitrogens with zero attached hydrogens (tertiary/aromatic N) is 1. The van der Waals surface area contributed by atoms with Crippen molar-refractivity contribution >= 4 is 28.6 Å². The van der Waals surface area contributed by atoms with E-state index in [-0.39, 0.29) is 5.91 Å². The molecule has 3 nitrogen and oxygen atoms in total. The van der Waals surface area contributed by atoms with Gasteiger partial charge in [-0.05, 0) is 53.2 Å². The molecule has 1 fully saturated rings. The normalized spacial score (nSPS) is 19.3. The van der Waals surface area contributed by atoms with E-state index >= 15 is 0 Å². The molecule has 20 heavy (non-hydrogen) atoms. The van der Waals surface area contributed by atoms with Crippen LogP contribution in [0.25, 0.3) is 0 Å². The summed E-state index contributed by atoms with van der Waals surface area (Å²) in [4.78, 5) is 15.6. The number of amides is 1. The van der Waals surface area contributed by atoms with Gasteiger partial charge in [0.15, 0.2) is 0 Å². The Kier molecular flexibility index (Phi) is 4.50. The van der Waals surface area contributed by atoms with Crippen LogP contribution in [0, 0.1) is 0 Å². The Labute approximate surface area is 127 Å². The quantitative estimate of drug-likeness (QED) is 0.919. The maximum Gasteiger partial charge on any atom is 0.234 e. The van der Waals surface area contributed by atoms with E-state index in [4.69, 9.17) is 0 Å². The molecule has 5 heteroatoms. The second-order valence-corrected chi connectivity index (χ2v) is 6.85. The van der Waals surface area contributed by atoms with E-state index < -0.39 is 0 Å².